The lowest BCUT2D eigenvalue weighted by Crippen LogP contribution is -2.42. The van der Waals surface area contributed by atoms with E-state index in [1.807, 2.05) is 48.9 Å². The van der Waals surface area contributed by atoms with Crippen LogP contribution in [-0.2, 0) is 4.79 Å². The molecule has 1 amide bonds. The Labute approximate surface area is 194 Å². The second-order valence-electron chi connectivity index (χ2n) is 9.20. The van der Waals surface area contributed by atoms with Gasteiger partial charge in [0.25, 0.3) is 0 Å². The Balaban J connectivity index is 1.28. The van der Waals surface area contributed by atoms with E-state index >= 15 is 0 Å². The summed E-state index contributed by atoms with van der Waals surface area (Å²) in [5.41, 5.74) is 3.62. The van der Waals surface area contributed by atoms with Crippen LogP contribution < -0.4 is 10.8 Å². The van der Waals surface area contributed by atoms with E-state index in [0.717, 1.165) is 73.5 Å². The van der Waals surface area contributed by atoms with Crippen molar-refractivity contribution in [2.75, 3.05) is 25.0 Å². The first-order chi connectivity index (χ1) is 15.6. The number of fused-ring (bicyclic) bond motifs is 1. The van der Waals surface area contributed by atoms with Crippen LogP contribution in [0.2, 0.25) is 5.02 Å². The smallest absolute Gasteiger partial charge is 0.225 e. The molecule has 166 valence electrons. The molecule has 1 N–H and O–H groups in total. The molecule has 0 unspecified atom stereocenters. The van der Waals surface area contributed by atoms with Crippen LogP contribution in [0.3, 0.4) is 0 Å². The molecule has 1 aromatic carbocycles. The fourth-order valence-corrected chi connectivity index (χ4v) is 5.28. The van der Waals surface area contributed by atoms with Gasteiger partial charge in [-0.25, -0.2) is 4.98 Å². The normalized spacial score (nSPS) is 17.8. The molecule has 6 nitrogen and oxygen atoms in total. The van der Waals surface area contributed by atoms with Gasteiger partial charge in [-0.05, 0) is 43.1 Å². The van der Waals surface area contributed by atoms with Crippen LogP contribution in [0.1, 0.15) is 38.5 Å². The van der Waals surface area contributed by atoms with Gasteiger partial charge in [-0.15, -0.1) is 0 Å². The molecule has 1 saturated carbocycles. The highest BCUT2D eigenvalue weighted by Gasteiger charge is 2.30. The van der Waals surface area contributed by atoms with E-state index in [-0.39, 0.29) is 5.92 Å². The first kappa shape index (κ1) is 21.3. The number of halogens is 1. The van der Waals surface area contributed by atoms with E-state index in [1.54, 1.807) is 0 Å². The fourth-order valence-electron chi connectivity index (χ4n) is 5.04. The standard InChI is InChI=1S/C24H29BClN5O/c25-19-15-28-31-22(13-21(29-23(19)31)18-7-3-4-8-20(18)26)27-14-16-9-11-30(12-10-16)24(32)17-5-1-2-6-17/h3-4,7-8,13,15-17,27H,1-2,5-6,9-12,14,25H2. The molecule has 3 aromatic rings. The Morgan fingerprint density at radius 3 is 2.66 bits per heavy atom. The summed E-state index contributed by atoms with van der Waals surface area (Å²) in [5, 5.41) is 8.82. The molecule has 2 fully saturated rings. The van der Waals surface area contributed by atoms with Gasteiger partial charge in [-0.1, -0.05) is 42.6 Å². The number of piperidine rings is 1. The van der Waals surface area contributed by atoms with Crippen LogP contribution in [0.25, 0.3) is 16.9 Å². The Bertz CT molecular complexity index is 1120. The molecule has 1 aliphatic carbocycles. The third-order valence-corrected chi connectivity index (χ3v) is 7.33. The van der Waals surface area contributed by atoms with Gasteiger partial charge in [0, 0.05) is 48.4 Å². The first-order valence-corrected chi connectivity index (χ1v) is 12.1. The number of rotatable bonds is 5. The molecule has 2 aromatic heterocycles. The lowest BCUT2D eigenvalue weighted by atomic mass is 9.95. The van der Waals surface area contributed by atoms with E-state index in [1.165, 1.54) is 12.8 Å². The van der Waals surface area contributed by atoms with Gasteiger partial charge in [0.2, 0.25) is 5.91 Å². The molecule has 32 heavy (non-hydrogen) atoms. The van der Waals surface area contributed by atoms with Gasteiger partial charge < -0.3 is 10.2 Å². The van der Waals surface area contributed by atoms with Gasteiger partial charge in [0.15, 0.2) is 5.65 Å². The summed E-state index contributed by atoms with van der Waals surface area (Å²) in [6, 6.07) is 9.81. The van der Waals surface area contributed by atoms with Crippen molar-refractivity contribution in [2.45, 2.75) is 38.5 Å². The number of anilines is 1. The van der Waals surface area contributed by atoms with E-state index in [0.29, 0.717) is 16.8 Å². The van der Waals surface area contributed by atoms with Crippen molar-refractivity contribution in [3.8, 4) is 11.3 Å². The Morgan fingerprint density at radius 1 is 1.16 bits per heavy atom. The molecule has 5 rings (SSSR count). The zero-order chi connectivity index (χ0) is 22.1. The molecule has 2 aliphatic rings. The average Bonchev–Trinajstić information content (AvgIpc) is 3.48. The molecule has 0 radical (unpaired) electrons. The number of carbonyl (C=O) groups is 1. The van der Waals surface area contributed by atoms with Gasteiger partial charge in [0.1, 0.15) is 13.7 Å². The summed E-state index contributed by atoms with van der Waals surface area (Å²) in [6.45, 7) is 2.60. The summed E-state index contributed by atoms with van der Waals surface area (Å²) in [5.74, 6) is 2.12. The van der Waals surface area contributed by atoms with Crippen molar-refractivity contribution in [3.63, 3.8) is 0 Å². The molecule has 8 heteroatoms. The number of amides is 1. The highest BCUT2D eigenvalue weighted by Crippen LogP contribution is 2.30. The van der Waals surface area contributed by atoms with E-state index in [2.05, 4.69) is 15.3 Å². The molecule has 0 atom stereocenters. The quantitative estimate of drug-likeness (QED) is 0.608. The van der Waals surface area contributed by atoms with Crippen LogP contribution in [0, 0.1) is 11.8 Å². The lowest BCUT2D eigenvalue weighted by Gasteiger charge is -2.33. The summed E-state index contributed by atoms with van der Waals surface area (Å²) in [4.78, 5) is 19.6. The molecule has 1 saturated heterocycles. The van der Waals surface area contributed by atoms with Crippen molar-refractivity contribution < 1.29 is 4.79 Å². The topological polar surface area (TPSA) is 62.5 Å². The van der Waals surface area contributed by atoms with Gasteiger partial charge >= 0.3 is 0 Å². The molecule has 3 heterocycles. The van der Waals surface area contributed by atoms with Gasteiger partial charge in [-0.2, -0.15) is 9.61 Å². The molecule has 0 bridgehead atoms. The SMILES string of the molecule is Bc1cnn2c(NCC3CCN(C(=O)C4CCCC4)CC3)cc(-c3ccccc3Cl)nc12. The third-order valence-electron chi connectivity index (χ3n) is 7.00. The van der Waals surface area contributed by atoms with Crippen molar-refractivity contribution in [1.82, 2.24) is 19.5 Å². The number of hydrogen-bond donors (Lipinski definition) is 1. The number of nitrogens with one attached hydrogen (secondary N) is 1. The minimum Gasteiger partial charge on any atom is -0.370 e. The number of hydrogen-bond acceptors (Lipinski definition) is 4. The zero-order valence-electron chi connectivity index (χ0n) is 18.6. The maximum Gasteiger partial charge on any atom is 0.225 e. The van der Waals surface area contributed by atoms with Crippen LogP contribution in [0.15, 0.2) is 36.5 Å². The summed E-state index contributed by atoms with van der Waals surface area (Å²) in [6.07, 6.45) is 8.49. The Morgan fingerprint density at radius 2 is 1.91 bits per heavy atom. The minimum atomic E-state index is 0.279. The molecular weight excluding hydrogens is 421 g/mol. The van der Waals surface area contributed by atoms with E-state index in [4.69, 9.17) is 16.6 Å². The molecule has 1 aliphatic heterocycles. The second kappa shape index (κ2) is 9.14. The second-order valence-corrected chi connectivity index (χ2v) is 9.61. The summed E-state index contributed by atoms with van der Waals surface area (Å²) >= 11 is 6.45. The number of benzene rings is 1. The number of likely N-dealkylation sites (tertiary alicyclic amines) is 1. The minimum absolute atomic E-state index is 0.279. The maximum absolute atomic E-state index is 12.7. The van der Waals surface area contributed by atoms with Crippen molar-refractivity contribution in [1.29, 1.82) is 0 Å². The van der Waals surface area contributed by atoms with E-state index < -0.39 is 0 Å². The summed E-state index contributed by atoms with van der Waals surface area (Å²) in [7, 11) is 2.02. The fraction of sp³-hybridized carbons (Fsp3) is 0.458. The van der Waals surface area contributed by atoms with Gasteiger partial charge in [0.05, 0.1) is 5.69 Å². The predicted octanol–water partition coefficient (Wildman–Crippen LogP) is 3.15. The van der Waals surface area contributed by atoms with Crippen LogP contribution in [0.5, 0.6) is 0 Å². The largest absolute Gasteiger partial charge is 0.370 e. The Hall–Kier alpha value is -2.54. The van der Waals surface area contributed by atoms with Crippen molar-refractivity contribution in [2.24, 2.45) is 11.8 Å². The molecule has 0 spiro atoms. The highest BCUT2D eigenvalue weighted by atomic mass is 35.5. The van der Waals surface area contributed by atoms with Crippen LogP contribution in [0.4, 0.5) is 5.82 Å². The zero-order valence-corrected chi connectivity index (χ0v) is 19.3. The third kappa shape index (κ3) is 4.23. The monoisotopic (exact) mass is 449 g/mol. The number of nitrogens with zero attached hydrogens (tertiary/aromatic N) is 4. The summed E-state index contributed by atoms with van der Waals surface area (Å²) < 4.78 is 1.87. The number of carbonyl (C=O) groups excluding carboxylic acids is 1. The van der Waals surface area contributed by atoms with Crippen LogP contribution >= 0.6 is 11.6 Å². The van der Waals surface area contributed by atoms with Crippen molar-refractivity contribution in [3.05, 3.63) is 41.6 Å². The molecular formula is C24H29BClN5O. The van der Waals surface area contributed by atoms with Crippen molar-refractivity contribution >= 4 is 42.3 Å². The van der Waals surface area contributed by atoms with Gasteiger partial charge in [-0.3, -0.25) is 4.79 Å². The lowest BCUT2D eigenvalue weighted by molar-refractivity contribution is -0.136. The highest BCUT2D eigenvalue weighted by molar-refractivity contribution is 6.36. The van der Waals surface area contributed by atoms with E-state index in [9.17, 15) is 4.79 Å². The number of aromatic nitrogens is 3. The average molecular weight is 450 g/mol. The Kier molecular flexibility index (Phi) is 6.09. The van der Waals surface area contributed by atoms with Crippen LogP contribution in [-0.4, -0.2) is 52.9 Å². The predicted molar refractivity (Wildman–Crippen MR) is 131 cm³/mol. The maximum atomic E-state index is 12.7. The first-order valence-electron chi connectivity index (χ1n) is 11.7.